The van der Waals surface area contributed by atoms with Crippen LogP contribution >= 0.6 is 0 Å². The lowest BCUT2D eigenvalue weighted by Gasteiger charge is -2.26. The highest BCUT2D eigenvalue weighted by molar-refractivity contribution is 5.85. The van der Waals surface area contributed by atoms with Crippen molar-refractivity contribution in [3.8, 4) is 23.2 Å². The second-order valence-corrected chi connectivity index (χ2v) is 7.10. The summed E-state index contributed by atoms with van der Waals surface area (Å²) in [5.74, 6) is 4.89. The molecule has 0 aliphatic heterocycles. The Morgan fingerprint density at radius 2 is 1.75 bits per heavy atom. The fraction of sp³-hybridized carbons (Fsp3) is 0.350. The quantitative estimate of drug-likeness (QED) is 0.631. The van der Waals surface area contributed by atoms with Crippen LogP contribution in [-0.2, 0) is 7.05 Å². The Kier molecular flexibility index (Phi) is 4.47. The predicted octanol–water partition coefficient (Wildman–Crippen LogP) is 2.94. The van der Waals surface area contributed by atoms with Crippen molar-refractivity contribution in [3.63, 3.8) is 0 Å². The van der Waals surface area contributed by atoms with Gasteiger partial charge in [0.2, 0.25) is 5.82 Å². The Hall–Kier alpha value is -3.05. The Morgan fingerprint density at radius 1 is 1.07 bits per heavy atom. The molecule has 0 spiro atoms. The van der Waals surface area contributed by atoms with E-state index in [9.17, 15) is 13.9 Å². The van der Waals surface area contributed by atoms with Gasteiger partial charge in [0.1, 0.15) is 23.1 Å². The summed E-state index contributed by atoms with van der Waals surface area (Å²) in [6.45, 7) is 0. The zero-order valence-corrected chi connectivity index (χ0v) is 15.3. The molecule has 1 saturated carbocycles. The molecule has 0 bridgehead atoms. The summed E-state index contributed by atoms with van der Waals surface area (Å²) in [4.78, 5) is 12.9. The third-order valence-corrected chi connectivity index (χ3v) is 4.95. The Bertz CT molecular complexity index is 1100. The van der Waals surface area contributed by atoms with Gasteiger partial charge in [-0.3, -0.25) is 0 Å². The van der Waals surface area contributed by atoms with Gasteiger partial charge >= 0.3 is 0 Å². The highest BCUT2D eigenvalue weighted by atomic mass is 19.1. The molecule has 0 radical (unpaired) electrons. The number of halogens is 2. The fourth-order valence-corrected chi connectivity index (χ4v) is 3.51. The second kappa shape index (κ2) is 6.84. The van der Waals surface area contributed by atoms with Crippen LogP contribution < -0.4 is 5.73 Å². The van der Waals surface area contributed by atoms with Gasteiger partial charge < -0.3 is 15.4 Å². The van der Waals surface area contributed by atoms with E-state index in [1.54, 1.807) is 11.6 Å². The molecule has 8 heteroatoms. The minimum Gasteiger partial charge on any atom is -0.382 e. The van der Waals surface area contributed by atoms with Crippen LogP contribution in [0.15, 0.2) is 18.2 Å². The van der Waals surface area contributed by atoms with Gasteiger partial charge in [-0.05, 0) is 43.7 Å². The maximum atomic E-state index is 13.6. The molecule has 3 N–H and O–H groups in total. The minimum atomic E-state index is -1.03. The van der Waals surface area contributed by atoms with Crippen LogP contribution in [0.5, 0.6) is 0 Å². The van der Waals surface area contributed by atoms with E-state index in [0.29, 0.717) is 29.8 Å². The molecule has 2 aromatic heterocycles. The van der Waals surface area contributed by atoms with Gasteiger partial charge in [-0.1, -0.05) is 12.3 Å². The SMILES string of the molecule is Cn1c(-c2cc(F)cc(F)c2)nc2c(N)nc(C#CC3(O)CCCCC3)nc21. The summed E-state index contributed by atoms with van der Waals surface area (Å²) in [5.41, 5.74) is 5.97. The topological polar surface area (TPSA) is 89.9 Å². The first kappa shape index (κ1) is 18.3. The molecular formula is C20H19F2N5O. The van der Waals surface area contributed by atoms with Crippen molar-refractivity contribution in [1.82, 2.24) is 19.5 Å². The van der Waals surface area contributed by atoms with Crippen molar-refractivity contribution in [2.75, 3.05) is 5.73 Å². The smallest absolute Gasteiger partial charge is 0.209 e. The molecule has 1 aliphatic carbocycles. The number of imidazole rings is 1. The third kappa shape index (κ3) is 3.41. The number of anilines is 1. The normalized spacial score (nSPS) is 16.0. The Balaban J connectivity index is 1.78. The van der Waals surface area contributed by atoms with Crippen molar-refractivity contribution in [2.24, 2.45) is 7.05 Å². The molecule has 3 aromatic rings. The predicted molar refractivity (Wildman–Crippen MR) is 101 cm³/mol. The van der Waals surface area contributed by atoms with Gasteiger partial charge in [-0.2, -0.15) is 0 Å². The molecule has 0 amide bonds. The van der Waals surface area contributed by atoms with Crippen LogP contribution in [0.2, 0.25) is 0 Å². The maximum Gasteiger partial charge on any atom is 0.209 e. The van der Waals surface area contributed by atoms with E-state index >= 15 is 0 Å². The van der Waals surface area contributed by atoms with Crippen LogP contribution in [0.4, 0.5) is 14.6 Å². The number of fused-ring (bicyclic) bond motifs is 1. The molecule has 0 atom stereocenters. The molecular weight excluding hydrogens is 364 g/mol. The minimum absolute atomic E-state index is 0.114. The maximum absolute atomic E-state index is 13.6. The zero-order chi connectivity index (χ0) is 19.9. The number of aromatic nitrogens is 4. The van der Waals surface area contributed by atoms with Crippen LogP contribution in [0.25, 0.3) is 22.6 Å². The molecule has 2 heterocycles. The summed E-state index contributed by atoms with van der Waals surface area (Å²) in [6, 6.07) is 3.17. The van der Waals surface area contributed by atoms with Gasteiger partial charge in [-0.25, -0.2) is 23.7 Å². The van der Waals surface area contributed by atoms with Crippen molar-refractivity contribution in [1.29, 1.82) is 0 Å². The van der Waals surface area contributed by atoms with Crippen LogP contribution in [0.3, 0.4) is 0 Å². The van der Waals surface area contributed by atoms with E-state index in [2.05, 4.69) is 26.8 Å². The summed E-state index contributed by atoms with van der Waals surface area (Å²) in [6.07, 6.45) is 4.21. The molecule has 0 unspecified atom stereocenters. The van der Waals surface area contributed by atoms with Crippen molar-refractivity contribution < 1.29 is 13.9 Å². The van der Waals surface area contributed by atoms with Crippen LogP contribution in [0, 0.1) is 23.5 Å². The number of aliphatic hydroxyl groups is 1. The van der Waals surface area contributed by atoms with Crippen molar-refractivity contribution in [3.05, 3.63) is 35.7 Å². The van der Waals surface area contributed by atoms with E-state index < -0.39 is 17.2 Å². The summed E-state index contributed by atoms with van der Waals surface area (Å²) >= 11 is 0. The van der Waals surface area contributed by atoms with Gasteiger partial charge in [0.05, 0.1) is 0 Å². The van der Waals surface area contributed by atoms with Crippen molar-refractivity contribution >= 4 is 17.0 Å². The standard InChI is InChI=1S/C20H19F2N5O/c1-27-18(12-9-13(21)11-14(22)10-12)26-16-17(23)24-15(25-19(16)27)5-8-20(28)6-3-2-4-7-20/h9-11,28H,2-4,6-7H2,1H3,(H2,23,24,25). The molecule has 144 valence electrons. The van der Waals surface area contributed by atoms with Gasteiger partial charge in [0.15, 0.2) is 17.0 Å². The molecule has 1 aliphatic rings. The largest absolute Gasteiger partial charge is 0.382 e. The van der Waals surface area contributed by atoms with Gasteiger partial charge in [0, 0.05) is 18.7 Å². The monoisotopic (exact) mass is 383 g/mol. The number of nitrogen functional groups attached to an aromatic ring is 1. The summed E-state index contributed by atoms with van der Waals surface area (Å²) < 4.78 is 28.8. The Labute approximate surface area is 160 Å². The molecule has 1 fully saturated rings. The summed E-state index contributed by atoms with van der Waals surface area (Å²) in [7, 11) is 1.67. The number of hydrogen-bond acceptors (Lipinski definition) is 5. The molecule has 28 heavy (non-hydrogen) atoms. The van der Waals surface area contributed by atoms with Crippen molar-refractivity contribution in [2.45, 2.75) is 37.7 Å². The number of hydrogen-bond donors (Lipinski definition) is 2. The van der Waals surface area contributed by atoms with E-state index in [1.165, 1.54) is 12.1 Å². The van der Waals surface area contributed by atoms with Gasteiger partial charge in [0.25, 0.3) is 0 Å². The first-order chi connectivity index (χ1) is 13.3. The first-order valence-electron chi connectivity index (χ1n) is 9.07. The molecule has 0 saturated heterocycles. The highest BCUT2D eigenvalue weighted by Gasteiger charge is 2.26. The summed E-state index contributed by atoms with van der Waals surface area (Å²) in [5, 5.41) is 10.5. The lowest BCUT2D eigenvalue weighted by molar-refractivity contribution is 0.0610. The first-order valence-corrected chi connectivity index (χ1v) is 9.07. The van der Waals surface area contributed by atoms with E-state index in [1.807, 2.05) is 0 Å². The van der Waals surface area contributed by atoms with Gasteiger partial charge in [-0.15, -0.1) is 0 Å². The van der Waals surface area contributed by atoms with E-state index in [0.717, 1.165) is 25.3 Å². The molecule has 1 aromatic carbocycles. The van der Waals surface area contributed by atoms with Crippen LogP contribution in [0.1, 0.15) is 37.9 Å². The number of rotatable bonds is 1. The molecule has 4 rings (SSSR count). The average molecular weight is 383 g/mol. The van der Waals surface area contributed by atoms with E-state index in [4.69, 9.17) is 5.73 Å². The molecule has 6 nitrogen and oxygen atoms in total. The average Bonchev–Trinajstić information content (AvgIpc) is 2.98. The fourth-order valence-electron chi connectivity index (χ4n) is 3.51. The lowest BCUT2D eigenvalue weighted by atomic mass is 9.85. The van der Waals surface area contributed by atoms with E-state index in [-0.39, 0.29) is 17.2 Å². The lowest BCUT2D eigenvalue weighted by Crippen LogP contribution is -2.29. The second-order valence-electron chi connectivity index (χ2n) is 7.10. The number of aryl methyl sites for hydroxylation is 1. The Morgan fingerprint density at radius 3 is 2.43 bits per heavy atom. The van der Waals surface area contributed by atoms with Crippen LogP contribution in [-0.4, -0.2) is 30.2 Å². The zero-order valence-electron chi connectivity index (χ0n) is 15.3. The number of nitrogens with two attached hydrogens (primary N) is 1. The number of benzene rings is 1. The highest BCUT2D eigenvalue weighted by Crippen LogP contribution is 2.28. The number of nitrogens with zero attached hydrogens (tertiary/aromatic N) is 4. The third-order valence-electron chi connectivity index (χ3n) is 4.95.